The van der Waals surface area contributed by atoms with E-state index in [1.54, 1.807) is 6.20 Å². The zero-order chi connectivity index (χ0) is 29.7. The number of anilines is 1. The molecule has 0 bridgehead atoms. The maximum absolute atomic E-state index is 12.8. The maximum atomic E-state index is 12.8. The average molecular weight is 586 g/mol. The second-order valence-electron chi connectivity index (χ2n) is 10.3. The number of hydrogen-bond acceptors (Lipinski definition) is 11. The number of ether oxygens (including phenoxy) is 5. The number of unbranched alkanes of at least 4 members (excludes halogenated alkanes) is 9. The summed E-state index contributed by atoms with van der Waals surface area (Å²) in [5.41, 5.74) is 0.317. The van der Waals surface area contributed by atoms with Crippen LogP contribution in [0.4, 0.5) is 10.6 Å². The number of hydrogen-bond donors (Lipinski definition) is 3. The third-order valence-electron chi connectivity index (χ3n) is 6.93. The first-order chi connectivity index (χ1) is 20.0. The third-order valence-corrected chi connectivity index (χ3v) is 6.93. The van der Waals surface area contributed by atoms with Crippen LogP contribution in [0.1, 0.15) is 89.3 Å². The highest BCUT2D eigenvalue weighted by atomic mass is 16.7. The molecule has 1 saturated heterocycles. The summed E-state index contributed by atoms with van der Waals surface area (Å²) in [6.45, 7) is 5.43. The fraction of sp³-hybridized carbons (Fsp3) is 0.828. The number of aliphatic hydroxyl groups excluding tert-OH is 2. The normalized spacial score (nSPS) is 18.5. The lowest BCUT2D eigenvalue weighted by atomic mass is 10.1. The maximum Gasteiger partial charge on any atom is 0.508 e. The van der Waals surface area contributed by atoms with Crippen molar-refractivity contribution in [1.29, 1.82) is 0 Å². The molecule has 41 heavy (non-hydrogen) atoms. The van der Waals surface area contributed by atoms with Crippen molar-refractivity contribution in [3.63, 3.8) is 0 Å². The molecule has 236 valence electrons. The molecule has 0 radical (unpaired) electrons. The standard InChI is InChI=1S/C29H51N3O9/c1-3-4-5-6-7-8-9-10-11-12-13-30-27-23(2)21-32(28(35)31-27)26-20-24(25(22-34)40-26)41-29(36)39-19-18-38-17-16-37-15-14-33/h21,24-26,33-34H,3-20,22H2,1-2H3,(H,30,31,35)/t24-,25+,26+/m0/s1. The smallest absolute Gasteiger partial charge is 0.432 e. The van der Waals surface area contributed by atoms with Crippen molar-refractivity contribution in [3.8, 4) is 0 Å². The van der Waals surface area contributed by atoms with Crippen molar-refractivity contribution in [2.75, 3.05) is 58.1 Å². The van der Waals surface area contributed by atoms with E-state index < -0.39 is 30.3 Å². The summed E-state index contributed by atoms with van der Waals surface area (Å²) in [4.78, 5) is 29.1. The predicted octanol–water partition coefficient (Wildman–Crippen LogP) is 3.71. The summed E-state index contributed by atoms with van der Waals surface area (Å²) in [5, 5.41) is 21.6. The highest BCUT2D eigenvalue weighted by molar-refractivity contribution is 5.60. The van der Waals surface area contributed by atoms with Crippen LogP contribution >= 0.6 is 0 Å². The Kier molecular flexibility index (Phi) is 18.3. The van der Waals surface area contributed by atoms with E-state index in [-0.39, 0.29) is 39.5 Å². The van der Waals surface area contributed by atoms with Gasteiger partial charge in [0, 0.05) is 24.7 Å². The molecule has 1 aliphatic rings. The van der Waals surface area contributed by atoms with Crippen LogP contribution in [0.2, 0.25) is 0 Å². The molecule has 12 nitrogen and oxygen atoms in total. The van der Waals surface area contributed by atoms with Crippen LogP contribution in [0.15, 0.2) is 11.0 Å². The zero-order valence-corrected chi connectivity index (χ0v) is 24.9. The summed E-state index contributed by atoms with van der Waals surface area (Å²) in [6, 6.07) is 0. The lowest BCUT2D eigenvalue weighted by Crippen LogP contribution is -2.30. The Morgan fingerprint density at radius 2 is 1.63 bits per heavy atom. The van der Waals surface area contributed by atoms with Gasteiger partial charge in [0.05, 0.1) is 39.6 Å². The van der Waals surface area contributed by atoms with Gasteiger partial charge >= 0.3 is 11.8 Å². The minimum absolute atomic E-state index is 0.0181. The first-order valence-corrected chi connectivity index (χ1v) is 15.2. The monoisotopic (exact) mass is 585 g/mol. The molecule has 0 saturated carbocycles. The van der Waals surface area contributed by atoms with Crippen LogP contribution in [0.3, 0.4) is 0 Å². The molecule has 1 aromatic rings. The van der Waals surface area contributed by atoms with Crippen LogP contribution in [0.5, 0.6) is 0 Å². The van der Waals surface area contributed by atoms with Gasteiger partial charge in [0.2, 0.25) is 0 Å². The van der Waals surface area contributed by atoms with Crippen LogP contribution in [-0.4, -0.2) is 90.9 Å². The van der Waals surface area contributed by atoms with E-state index in [9.17, 15) is 14.7 Å². The van der Waals surface area contributed by atoms with Crippen LogP contribution in [0.25, 0.3) is 0 Å². The van der Waals surface area contributed by atoms with Gasteiger partial charge in [0.1, 0.15) is 30.9 Å². The highest BCUT2D eigenvalue weighted by Crippen LogP contribution is 2.30. The van der Waals surface area contributed by atoms with Crippen molar-refractivity contribution >= 4 is 12.0 Å². The first-order valence-electron chi connectivity index (χ1n) is 15.2. The van der Waals surface area contributed by atoms with Crippen molar-refractivity contribution in [2.24, 2.45) is 0 Å². The largest absolute Gasteiger partial charge is 0.508 e. The Labute approximate surface area is 243 Å². The molecular weight excluding hydrogens is 534 g/mol. The lowest BCUT2D eigenvalue weighted by molar-refractivity contribution is -0.0599. The summed E-state index contributed by atoms with van der Waals surface area (Å²) in [6.07, 6.45) is 11.2. The minimum atomic E-state index is -0.911. The molecule has 0 spiro atoms. The van der Waals surface area contributed by atoms with E-state index in [0.29, 0.717) is 19.0 Å². The van der Waals surface area contributed by atoms with Crippen molar-refractivity contribution in [1.82, 2.24) is 9.55 Å². The fourth-order valence-corrected chi connectivity index (χ4v) is 4.66. The molecule has 2 rings (SSSR count). The Morgan fingerprint density at radius 1 is 1.00 bits per heavy atom. The van der Waals surface area contributed by atoms with Crippen molar-refractivity contribution in [2.45, 2.75) is 103 Å². The number of nitrogens with zero attached hydrogens (tertiary/aromatic N) is 2. The molecule has 1 fully saturated rings. The van der Waals surface area contributed by atoms with Gasteiger partial charge in [-0.25, -0.2) is 9.59 Å². The van der Waals surface area contributed by atoms with Gasteiger partial charge in [0.15, 0.2) is 0 Å². The number of aliphatic hydroxyl groups is 2. The average Bonchev–Trinajstić information content (AvgIpc) is 3.36. The second kappa shape index (κ2) is 21.5. The fourth-order valence-electron chi connectivity index (χ4n) is 4.66. The van der Waals surface area contributed by atoms with Crippen LogP contribution in [-0.2, 0) is 23.7 Å². The Bertz CT molecular complexity index is 899. The minimum Gasteiger partial charge on any atom is -0.432 e. The molecule has 0 unspecified atom stereocenters. The quantitative estimate of drug-likeness (QED) is 0.127. The molecule has 3 N–H and O–H groups in total. The molecule has 1 aliphatic heterocycles. The lowest BCUT2D eigenvalue weighted by Gasteiger charge is -2.16. The molecule has 0 aliphatic carbocycles. The van der Waals surface area contributed by atoms with Gasteiger partial charge in [-0.1, -0.05) is 64.7 Å². The molecular formula is C29H51N3O9. The van der Waals surface area contributed by atoms with E-state index in [0.717, 1.165) is 24.9 Å². The van der Waals surface area contributed by atoms with Crippen LogP contribution < -0.4 is 11.0 Å². The summed E-state index contributed by atoms with van der Waals surface area (Å²) < 4.78 is 27.9. The molecule has 1 aromatic heterocycles. The van der Waals surface area contributed by atoms with E-state index in [1.165, 1.54) is 55.9 Å². The van der Waals surface area contributed by atoms with Crippen LogP contribution in [0, 0.1) is 6.92 Å². The van der Waals surface area contributed by atoms with Gasteiger partial charge in [-0.3, -0.25) is 4.57 Å². The van der Waals surface area contributed by atoms with Gasteiger partial charge in [0.25, 0.3) is 0 Å². The van der Waals surface area contributed by atoms with E-state index in [1.807, 2.05) is 6.92 Å². The summed E-state index contributed by atoms with van der Waals surface area (Å²) in [7, 11) is 0. The predicted molar refractivity (Wildman–Crippen MR) is 154 cm³/mol. The summed E-state index contributed by atoms with van der Waals surface area (Å²) >= 11 is 0. The van der Waals surface area contributed by atoms with Crippen molar-refractivity contribution in [3.05, 3.63) is 22.2 Å². The number of rotatable bonds is 23. The summed E-state index contributed by atoms with van der Waals surface area (Å²) in [5.74, 6) is 0.553. The first kappa shape index (κ1) is 34.9. The SMILES string of the molecule is CCCCCCCCCCCCNc1nc(=O)n([C@H]2C[C@H](OC(=O)OCCOCCOCCO)[C@@H](CO)O2)cc1C. The Balaban J connectivity index is 1.71. The second-order valence-corrected chi connectivity index (χ2v) is 10.3. The van der Waals surface area contributed by atoms with E-state index >= 15 is 0 Å². The number of nitrogens with one attached hydrogen (secondary N) is 1. The Morgan fingerprint density at radius 3 is 2.29 bits per heavy atom. The highest BCUT2D eigenvalue weighted by Gasteiger charge is 2.39. The number of aryl methyl sites for hydroxylation is 1. The van der Waals surface area contributed by atoms with Gasteiger partial charge in [-0.2, -0.15) is 4.98 Å². The van der Waals surface area contributed by atoms with E-state index in [4.69, 9.17) is 28.8 Å². The van der Waals surface area contributed by atoms with E-state index in [2.05, 4.69) is 17.2 Å². The zero-order valence-electron chi connectivity index (χ0n) is 24.9. The number of carbonyl (C=O) groups is 1. The number of carbonyl (C=O) groups excluding carboxylic acids is 1. The Hall–Kier alpha value is -2.25. The molecule has 0 amide bonds. The van der Waals surface area contributed by atoms with Crippen molar-refractivity contribution < 1.29 is 38.7 Å². The molecule has 0 aromatic carbocycles. The molecule has 12 heteroatoms. The topological polar surface area (TPSA) is 151 Å². The van der Waals surface area contributed by atoms with Gasteiger partial charge < -0.3 is 39.2 Å². The van der Waals surface area contributed by atoms with Gasteiger partial charge in [-0.05, 0) is 13.3 Å². The molecule has 2 heterocycles. The molecule has 3 atom stereocenters. The third kappa shape index (κ3) is 14.0. The number of aromatic nitrogens is 2. The van der Waals surface area contributed by atoms with Gasteiger partial charge in [-0.15, -0.1) is 0 Å².